The van der Waals surface area contributed by atoms with E-state index in [1.807, 2.05) is 6.92 Å². The number of carbonyl (C=O) groups excluding carboxylic acids is 1. The van der Waals surface area contributed by atoms with Crippen LogP contribution in [0.15, 0.2) is 24.3 Å². The van der Waals surface area contributed by atoms with Crippen LogP contribution in [0.4, 0.5) is 13.2 Å². The highest BCUT2D eigenvalue weighted by molar-refractivity contribution is 5.75. The van der Waals surface area contributed by atoms with E-state index in [2.05, 4.69) is 10.2 Å². The Morgan fingerprint density at radius 1 is 1.32 bits per heavy atom. The van der Waals surface area contributed by atoms with Crippen LogP contribution in [-0.4, -0.2) is 37.0 Å². The zero-order valence-electron chi connectivity index (χ0n) is 14.7. The number of carbonyl (C=O) groups is 1. The molecular weight excluding hydrogens is 329 g/mol. The van der Waals surface area contributed by atoms with Gasteiger partial charge in [0.05, 0.1) is 5.56 Å². The second-order valence-corrected chi connectivity index (χ2v) is 6.71. The van der Waals surface area contributed by atoms with E-state index >= 15 is 0 Å². The third kappa shape index (κ3) is 6.34. The summed E-state index contributed by atoms with van der Waals surface area (Å²) in [5.74, 6) is 0.452. The largest absolute Gasteiger partial charge is 0.416 e. The number of alkyl halides is 3. The van der Waals surface area contributed by atoms with E-state index in [-0.39, 0.29) is 5.91 Å². The van der Waals surface area contributed by atoms with Crippen molar-refractivity contribution in [2.24, 2.45) is 5.92 Å². The molecule has 140 valence electrons. The van der Waals surface area contributed by atoms with E-state index < -0.39 is 11.7 Å². The summed E-state index contributed by atoms with van der Waals surface area (Å²) in [5, 5.41) is 2.79. The highest BCUT2D eigenvalue weighted by atomic mass is 19.4. The van der Waals surface area contributed by atoms with Gasteiger partial charge in [-0.25, -0.2) is 0 Å². The molecule has 1 fully saturated rings. The number of halogens is 3. The number of nitrogens with one attached hydrogen (secondary N) is 1. The summed E-state index contributed by atoms with van der Waals surface area (Å²) in [6.45, 7) is 5.10. The van der Waals surface area contributed by atoms with Crippen molar-refractivity contribution in [3.8, 4) is 0 Å². The van der Waals surface area contributed by atoms with Crippen molar-refractivity contribution in [2.75, 3.05) is 26.2 Å². The van der Waals surface area contributed by atoms with Gasteiger partial charge in [0.25, 0.3) is 0 Å². The molecule has 1 saturated heterocycles. The molecule has 2 rings (SSSR count). The molecule has 1 aliphatic rings. The van der Waals surface area contributed by atoms with E-state index in [1.165, 1.54) is 6.07 Å². The van der Waals surface area contributed by atoms with Crippen molar-refractivity contribution in [3.05, 3.63) is 35.4 Å². The maximum absolute atomic E-state index is 13.1. The summed E-state index contributed by atoms with van der Waals surface area (Å²) in [6, 6.07) is 5.85. The summed E-state index contributed by atoms with van der Waals surface area (Å²) >= 11 is 0. The first-order valence-corrected chi connectivity index (χ1v) is 9.04. The molecule has 25 heavy (non-hydrogen) atoms. The predicted octanol–water partition coefficient (Wildman–Crippen LogP) is 3.88. The second kappa shape index (κ2) is 9.22. The van der Waals surface area contributed by atoms with Crippen LogP contribution in [0.5, 0.6) is 0 Å². The van der Waals surface area contributed by atoms with Crippen molar-refractivity contribution >= 4 is 5.91 Å². The molecule has 6 heteroatoms. The number of rotatable bonds is 7. The SMILES string of the molecule is CCNC(=O)CCN1CCC[C@H](CCc2ccccc2C(F)(F)F)C1. The average Bonchev–Trinajstić information content (AvgIpc) is 2.58. The Balaban J connectivity index is 1.84. The highest BCUT2D eigenvalue weighted by Crippen LogP contribution is 2.33. The molecule has 0 bridgehead atoms. The van der Waals surface area contributed by atoms with Gasteiger partial charge in [0.2, 0.25) is 5.91 Å². The number of hydrogen-bond acceptors (Lipinski definition) is 2. The fourth-order valence-electron chi connectivity index (χ4n) is 3.51. The molecule has 1 aliphatic heterocycles. The molecule has 0 aliphatic carbocycles. The van der Waals surface area contributed by atoms with Crippen LogP contribution in [0, 0.1) is 5.92 Å². The first kappa shape index (κ1) is 19.8. The average molecular weight is 356 g/mol. The van der Waals surface area contributed by atoms with Gasteiger partial charge in [-0.15, -0.1) is 0 Å². The number of benzene rings is 1. The Bertz CT molecular complexity index is 560. The van der Waals surface area contributed by atoms with Crippen molar-refractivity contribution in [1.29, 1.82) is 0 Å². The van der Waals surface area contributed by atoms with E-state index in [1.54, 1.807) is 12.1 Å². The van der Waals surface area contributed by atoms with Gasteiger partial charge in [0, 0.05) is 26.1 Å². The van der Waals surface area contributed by atoms with Gasteiger partial charge in [-0.3, -0.25) is 4.79 Å². The molecule has 1 heterocycles. The summed E-state index contributed by atoms with van der Waals surface area (Å²) in [4.78, 5) is 13.8. The van der Waals surface area contributed by atoms with Crippen LogP contribution in [0.2, 0.25) is 0 Å². The molecule has 1 aromatic rings. The molecule has 0 aromatic heterocycles. The summed E-state index contributed by atoms with van der Waals surface area (Å²) in [5.41, 5.74) is -0.131. The topological polar surface area (TPSA) is 32.3 Å². The summed E-state index contributed by atoms with van der Waals surface area (Å²) in [7, 11) is 0. The first-order chi connectivity index (χ1) is 11.9. The van der Waals surface area contributed by atoms with Gasteiger partial charge in [-0.05, 0) is 56.7 Å². The van der Waals surface area contributed by atoms with Crippen LogP contribution in [0.3, 0.4) is 0 Å². The monoisotopic (exact) mass is 356 g/mol. The minimum absolute atomic E-state index is 0.0590. The van der Waals surface area contributed by atoms with Gasteiger partial charge in [-0.1, -0.05) is 18.2 Å². The first-order valence-electron chi connectivity index (χ1n) is 9.04. The Morgan fingerprint density at radius 2 is 2.08 bits per heavy atom. The summed E-state index contributed by atoms with van der Waals surface area (Å²) < 4.78 is 39.2. The highest BCUT2D eigenvalue weighted by Gasteiger charge is 2.33. The lowest BCUT2D eigenvalue weighted by atomic mass is 9.90. The maximum atomic E-state index is 13.1. The minimum atomic E-state index is -4.29. The molecule has 1 aromatic carbocycles. The molecule has 3 nitrogen and oxygen atoms in total. The standard InChI is InChI=1S/C19H27F3N2O/c1-2-23-18(25)11-13-24-12-5-6-15(14-24)9-10-16-7-3-4-8-17(16)19(20,21)22/h3-4,7-8,15H,2,5-6,9-14H2,1H3,(H,23,25)/t15-/m1/s1. The van der Waals surface area contributed by atoms with Crippen molar-refractivity contribution in [2.45, 2.75) is 45.2 Å². The number of likely N-dealkylation sites (tertiary alicyclic amines) is 1. The predicted molar refractivity (Wildman–Crippen MR) is 92.2 cm³/mol. The Hall–Kier alpha value is -1.56. The molecular formula is C19H27F3N2O. The molecule has 1 atom stereocenters. The van der Waals surface area contributed by atoms with Gasteiger partial charge < -0.3 is 10.2 Å². The lowest BCUT2D eigenvalue weighted by Gasteiger charge is -2.32. The van der Waals surface area contributed by atoms with E-state index in [0.717, 1.165) is 45.0 Å². The maximum Gasteiger partial charge on any atom is 0.416 e. The molecule has 0 spiro atoms. The van der Waals surface area contributed by atoms with Crippen molar-refractivity contribution in [1.82, 2.24) is 10.2 Å². The number of amides is 1. The lowest BCUT2D eigenvalue weighted by molar-refractivity contribution is -0.138. The Morgan fingerprint density at radius 3 is 2.80 bits per heavy atom. The van der Waals surface area contributed by atoms with Gasteiger partial charge in [-0.2, -0.15) is 13.2 Å². The zero-order valence-corrected chi connectivity index (χ0v) is 14.7. The second-order valence-electron chi connectivity index (χ2n) is 6.71. The molecule has 0 radical (unpaired) electrons. The third-order valence-electron chi connectivity index (χ3n) is 4.78. The van der Waals surface area contributed by atoms with E-state index in [4.69, 9.17) is 0 Å². The molecule has 0 saturated carbocycles. The minimum Gasteiger partial charge on any atom is -0.356 e. The molecule has 1 amide bonds. The number of aryl methyl sites for hydroxylation is 1. The van der Waals surface area contributed by atoms with Crippen LogP contribution < -0.4 is 5.32 Å². The van der Waals surface area contributed by atoms with E-state index in [9.17, 15) is 18.0 Å². The third-order valence-corrected chi connectivity index (χ3v) is 4.78. The van der Waals surface area contributed by atoms with Crippen LogP contribution >= 0.6 is 0 Å². The van der Waals surface area contributed by atoms with E-state index in [0.29, 0.717) is 30.9 Å². The summed E-state index contributed by atoms with van der Waals surface area (Å²) in [6.07, 6.45) is -0.513. The van der Waals surface area contributed by atoms with Gasteiger partial charge in [0.1, 0.15) is 0 Å². The quantitative estimate of drug-likeness (QED) is 0.804. The van der Waals surface area contributed by atoms with Crippen molar-refractivity contribution < 1.29 is 18.0 Å². The van der Waals surface area contributed by atoms with Crippen LogP contribution in [0.1, 0.15) is 43.7 Å². The number of piperidine rings is 1. The number of nitrogens with zero attached hydrogens (tertiary/aromatic N) is 1. The van der Waals surface area contributed by atoms with Gasteiger partial charge >= 0.3 is 6.18 Å². The molecule has 1 N–H and O–H groups in total. The lowest BCUT2D eigenvalue weighted by Crippen LogP contribution is -2.38. The Kier molecular flexibility index (Phi) is 7.29. The van der Waals surface area contributed by atoms with Crippen molar-refractivity contribution in [3.63, 3.8) is 0 Å². The smallest absolute Gasteiger partial charge is 0.356 e. The zero-order chi connectivity index (χ0) is 18.3. The number of hydrogen-bond donors (Lipinski definition) is 1. The van der Waals surface area contributed by atoms with Gasteiger partial charge in [0.15, 0.2) is 0 Å². The van der Waals surface area contributed by atoms with Crippen LogP contribution in [-0.2, 0) is 17.4 Å². The fraction of sp³-hybridized carbons (Fsp3) is 0.632. The molecule has 0 unspecified atom stereocenters. The Labute approximate surface area is 147 Å². The normalized spacial score (nSPS) is 19.0. The fourth-order valence-corrected chi connectivity index (χ4v) is 3.51. The van der Waals surface area contributed by atoms with Crippen LogP contribution in [0.25, 0.3) is 0 Å².